The molecule has 2 bridgehead atoms. The lowest BCUT2D eigenvalue weighted by molar-refractivity contribution is -0.385. The second kappa shape index (κ2) is 8.56. The number of hydrogen-bond donors (Lipinski definition) is 2. The smallest absolute Gasteiger partial charge is 0.276 e. The maximum Gasteiger partial charge on any atom is 0.276 e. The van der Waals surface area contributed by atoms with Crippen molar-refractivity contribution in [1.29, 1.82) is 0 Å². The van der Waals surface area contributed by atoms with Crippen LogP contribution in [-0.4, -0.2) is 43.7 Å². The van der Waals surface area contributed by atoms with E-state index in [2.05, 4.69) is 10.6 Å². The lowest BCUT2D eigenvalue weighted by atomic mass is 9.89. The molecule has 1 aromatic carbocycles. The van der Waals surface area contributed by atoms with Crippen LogP contribution in [0.4, 0.5) is 5.69 Å². The van der Waals surface area contributed by atoms with Gasteiger partial charge in [-0.2, -0.15) is 0 Å². The van der Waals surface area contributed by atoms with E-state index < -0.39 is 4.92 Å². The number of amides is 1. The van der Waals surface area contributed by atoms with Crippen LogP contribution in [0.25, 0.3) is 0 Å². The van der Waals surface area contributed by atoms with Gasteiger partial charge in [0.2, 0.25) is 5.91 Å². The van der Waals surface area contributed by atoms with Crippen molar-refractivity contribution in [3.8, 4) is 11.5 Å². The summed E-state index contributed by atoms with van der Waals surface area (Å²) < 4.78 is 10.4. The summed E-state index contributed by atoms with van der Waals surface area (Å²) in [6.07, 6.45) is 5.44. The van der Waals surface area contributed by atoms with Crippen LogP contribution >= 0.6 is 0 Å². The van der Waals surface area contributed by atoms with Crippen LogP contribution < -0.4 is 20.1 Å². The number of nitro groups is 1. The molecule has 0 aromatic heterocycles. The number of rotatable bonds is 8. The van der Waals surface area contributed by atoms with Crippen LogP contribution in [0, 0.1) is 16.0 Å². The van der Waals surface area contributed by atoms with Crippen molar-refractivity contribution in [2.45, 2.75) is 50.6 Å². The van der Waals surface area contributed by atoms with E-state index in [1.54, 1.807) is 6.07 Å². The standard InChI is InChI=1S/C19H27N3O5/c1-26-17-10-13(16(22(24)25)11-18(17)27-2)5-6-20-19(23)9-12-7-14-3-4-15(8-12)21-14/h10-12,14-15,21H,3-9H2,1-2H3,(H,20,23). The van der Waals surface area contributed by atoms with Crippen molar-refractivity contribution < 1.29 is 19.2 Å². The molecule has 148 valence electrons. The second-order valence-corrected chi connectivity index (χ2v) is 7.37. The Bertz CT molecular complexity index is 697. The molecule has 1 amide bonds. The van der Waals surface area contributed by atoms with E-state index >= 15 is 0 Å². The summed E-state index contributed by atoms with van der Waals surface area (Å²) in [6, 6.07) is 4.10. The Hall–Kier alpha value is -2.35. The highest BCUT2D eigenvalue weighted by Gasteiger charge is 2.34. The normalized spacial score (nSPS) is 23.7. The SMILES string of the molecule is COc1cc(CCNC(=O)CC2CC3CCC(C2)N3)c([N+](=O)[O-])cc1OC. The molecule has 8 heteroatoms. The molecule has 0 spiro atoms. The molecule has 27 heavy (non-hydrogen) atoms. The van der Waals surface area contributed by atoms with Gasteiger partial charge in [0.15, 0.2) is 11.5 Å². The van der Waals surface area contributed by atoms with Crippen LogP contribution in [-0.2, 0) is 11.2 Å². The molecular weight excluding hydrogens is 350 g/mol. The van der Waals surface area contributed by atoms with E-state index in [0.29, 0.717) is 54.5 Å². The van der Waals surface area contributed by atoms with E-state index in [1.165, 1.54) is 33.1 Å². The molecule has 2 atom stereocenters. The Morgan fingerprint density at radius 2 is 1.85 bits per heavy atom. The number of nitrogens with one attached hydrogen (secondary N) is 2. The fourth-order valence-electron chi connectivity index (χ4n) is 4.29. The predicted molar refractivity (Wildman–Crippen MR) is 100 cm³/mol. The fourth-order valence-corrected chi connectivity index (χ4v) is 4.29. The van der Waals surface area contributed by atoms with Crippen molar-refractivity contribution in [3.05, 3.63) is 27.8 Å². The molecule has 3 rings (SSSR count). The molecule has 0 aliphatic carbocycles. The molecule has 0 saturated carbocycles. The van der Waals surface area contributed by atoms with E-state index in [-0.39, 0.29) is 11.6 Å². The molecule has 2 N–H and O–H groups in total. The molecule has 1 aromatic rings. The monoisotopic (exact) mass is 377 g/mol. The van der Waals surface area contributed by atoms with Crippen molar-refractivity contribution in [3.63, 3.8) is 0 Å². The van der Waals surface area contributed by atoms with E-state index in [9.17, 15) is 14.9 Å². The van der Waals surface area contributed by atoms with Gasteiger partial charge >= 0.3 is 0 Å². The van der Waals surface area contributed by atoms with Gasteiger partial charge in [-0.25, -0.2) is 0 Å². The summed E-state index contributed by atoms with van der Waals surface area (Å²) in [5.41, 5.74) is 0.481. The Balaban J connectivity index is 1.54. The third kappa shape index (κ3) is 4.68. The highest BCUT2D eigenvalue weighted by atomic mass is 16.6. The Morgan fingerprint density at radius 3 is 2.44 bits per heavy atom. The third-order valence-corrected chi connectivity index (χ3v) is 5.54. The van der Waals surface area contributed by atoms with Crippen LogP contribution in [0.3, 0.4) is 0 Å². The summed E-state index contributed by atoms with van der Waals surface area (Å²) >= 11 is 0. The average molecular weight is 377 g/mol. The number of carbonyl (C=O) groups excluding carboxylic acids is 1. The van der Waals surface area contributed by atoms with Crippen LogP contribution in [0.5, 0.6) is 11.5 Å². The Labute approximate surface area is 158 Å². The number of benzene rings is 1. The quantitative estimate of drug-likeness (QED) is 0.532. The van der Waals surface area contributed by atoms with E-state index in [0.717, 1.165) is 12.8 Å². The number of carbonyl (C=O) groups is 1. The van der Waals surface area contributed by atoms with Gasteiger partial charge in [0.25, 0.3) is 5.69 Å². The number of fused-ring (bicyclic) bond motifs is 2. The van der Waals surface area contributed by atoms with Crippen molar-refractivity contribution in [2.75, 3.05) is 20.8 Å². The first kappa shape index (κ1) is 19.4. The van der Waals surface area contributed by atoms with Crippen LogP contribution in [0.15, 0.2) is 12.1 Å². The number of ether oxygens (including phenoxy) is 2. The van der Waals surface area contributed by atoms with Crippen molar-refractivity contribution in [1.82, 2.24) is 10.6 Å². The lowest BCUT2D eigenvalue weighted by Gasteiger charge is -2.28. The first-order chi connectivity index (χ1) is 13.0. The van der Waals surface area contributed by atoms with Gasteiger partial charge in [0.05, 0.1) is 25.2 Å². The molecule has 2 unspecified atom stereocenters. The highest BCUT2D eigenvalue weighted by molar-refractivity contribution is 5.76. The van der Waals surface area contributed by atoms with Crippen LogP contribution in [0.1, 0.15) is 37.7 Å². The molecule has 8 nitrogen and oxygen atoms in total. The average Bonchev–Trinajstić information content (AvgIpc) is 2.99. The van der Waals surface area contributed by atoms with Gasteiger partial charge in [0.1, 0.15) is 0 Å². The third-order valence-electron chi connectivity index (χ3n) is 5.54. The minimum atomic E-state index is -0.441. The first-order valence-corrected chi connectivity index (χ1v) is 9.42. The summed E-state index contributed by atoms with van der Waals surface area (Å²) in [4.78, 5) is 23.2. The number of hydrogen-bond acceptors (Lipinski definition) is 6. The highest BCUT2D eigenvalue weighted by Crippen LogP contribution is 2.35. The minimum absolute atomic E-state index is 0.0180. The summed E-state index contributed by atoms with van der Waals surface area (Å²) in [5, 5.41) is 17.8. The molecular formula is C19H27N3O5. The Morgan fingerprint density at radius 1 is 1.22 bits per heavy atom. The molecule has 2 aliphatic heterocycles. The molecule has 2 fully saturated rings. The maximum atomic E-state index is 12.3. The molecule has 2 heterocycles. The minimum Gasteiger partial charge on any atom is -0.493 e. The largest absolute Gasteiger partial charge is 0.493 e. The topological polar surface area (TPSA) is 103 Å². The maximum absolute atomic E-state index is 12.3. The number of piperidine rings is 1. The van der Waals surface area contributed by atoms with Gasteiger partial charge in [0, 0.05) is 30.6 Å². The van der Waals surface area contributed by atoms with E-state index in [1.807, 2.05) is 0 Å². The summed E-state index contributed by atoms with van der Waals surface area (Å²) in [5.74, 6) is 1.20. The van der Waals surface area contributed by atoms with Crippen molar-refractivity contribution >= 4 is 11.6 Å². The van der Waals surface area contributed by atoms with E-state index in [4.69, 9.17) is 9.47 Å². The molecule has 0 radical (unpaired) electrons. The number of methoxy groups -OCH3 is 2. The molecule has 2 aliphatic rings. The Kier molecular flexibility index (Phi) is 6.15. The summed E-state index contributed by atoms with van der Waals surface area (Å²) in [7, 11) is 2.93. The van der Waals surface area contributed by atoms with Gasteiger partial charge in [-0.05, 0) is 44.1 Å². The van der Waals surface area contributed by atoms with Gasteiger partial charge in [-0.1, -0.05) is 0 Å². The zero-order valence-electron chi connectivity index (χ0n) is 15.8. The van der Waals surface area contributed by atoms with Gasteiger partial charge in [-0.15, -0.1) is 0 Å². The van der Waals surface area contributed by atoms with Crippen LogP contribution in [0.2, 0.25) is 0 Å². The summed E-state index contributed by atoms with van der Waals surface area (Å²) in [6.45, 7) is 0.354. The predicted octanol–water partition coefficient (Wildman–Crippen LogP) is 2.19. The van der Waals surface area contributed by atoms with Crippen molar-refractivity contribution in [2.24, 2.45) is 5.92 Å². The number of nitrogens with zero attached hydrogens (tertiary/aromatic N) is 1. The zero-order chi connectivity index (χ0) is 19.4. The molecule has 2 saturated heterocycles. The second-order valence-electron chi connectivity index (χ2n) is 7.37. The number of nitro benzene ring substituents is 1. The zero-order valence-corrected chi connectivity index (χ0v) is 15.8. The van der Waals surface area contributed by atoms with Gasteiger partial charge < -0.3 is 20.1 Å². The van der Waals surface area contributed by atoms with Gasteiger partial charge in [-0.3, -0.25) is 14.9 Å². The fraction of sp³-hybridized carbons (Fsp3) is 0.632. The first-order valence-electron chi connectivity index (χ1n) is 9.42. The lowest BCUT2D eigenvalue weighted by Crippen LogP contribution is -2.39.